The Morgan fingerprint density at radius 1 is 1.05 bits per heavy atom. The number of sulfonamides is 1. The molecule has 2 heterocycles. The van der Waals surface area contributed by atoms with Crippen LogP contribution in [0.5, 0.6) is 0 Å². The second-order valence-electron chi connectivity index (χ2n) is 6.16. The summed E-state index contributed by atoms with van der Waals surface area (Å²) in [5.74, 6) is 1.56. The fourth-order valence-corrected chi connectivity index (χ4v) is 5.26. The van der Waals surface area contributed by atoms with E-state index in [1.165, 1.54) is 12.8 Å². The lowest BCUT2D eigenvalue weighted by Gasteiger charge is -2.34. The number of piperidine rings is 1. The molecule has 0 aromatic rings. The van der Waals surface area contributed by atoms with Gasteiger partial charge < -0.3 is 5.32 Å². The van der Waals surface area contributed by atoms with Gasteiger partial charge in [0.25, 0.3) is 0 Å². The summed E-state index contributed by atoms with van der Waals surface area (Å²) in [4.78, 5) is 0. The van der Waals surface area contributed by atoms with E-state index in [-0.39, 0.29) is 12.4 Å². The van der Waals surface area contributed by atoms with Crippen molar-refractivity contribution >= 4 is 22.4 Å². The van der Waals surface area contributed by atoms with E-state index >= 15 is 0 Å². The van der Waals surface area contributed by atoms with Crippen molar-refractivity contribution in [1.29, 1.82) is 0 Å². The predicted molar refractivity (Wildman–Crippen MR) is 79.1 cm³/mol. The summed E-state index contributed by atoms with van der Waals surface area (Å²) in [6.45, 7) is 2.64. The minimum atomic E-state index is -2.95. The Bertz CT molecular complexity index is 383. The average molecular weight is 309 g/mol. The van der Waals surface area contributed by atoms with Gasteiger partial charge in [-0.25, -0.2) is 12.7 Å². The molecular weight excluding hydrogens is 284 g/mol. The van der Waals surface area contributed by atoms with Gasteiger partial charge in [-0.2, -0.15) is 0 Å². The number of hydrogen-bond donors (Lipinski definition) is 1. The highest BCUT2D eigenvalue weighted by atomic mass is 35.5. The van der Waals surface area contributed by atoms with Crippen molar-refractivity contribution in [2.45, 2.75) is 44.6 Å². The zero-order valence-corrected chi connectivity index (χ0v) is 13.0. The summed E-state index contributed by atoms with van der Waals surface area (Å²) < 4.78 is 26.1. The van der Waals surface area contributed by atoms with Crippen LogP contribution < -0.4 is 5.32 Å². The Balaban J connectivity index is 0.00000133. The van der Waals surface area contributed by atoms with E-state index in [4.69, 9.17) is 0 Å². The molecule has 0 radical (unpaired) electrons. The third kappa shape index (κ3) is 3.84. The molecular formula is C13H25ClN2O2S. The highest BCUT2D eigenvalue weighted by Gasteiger charge is 2.35. The molecule has 1 unspecified atom stereocenters. The van der Waals surface area contributed by atoms with E-state index in [2.05, 4.69) is 5.32 Å². The first kappa shape index (κ1) is 15.5. The first-order chi connectivity index (χ1) is 8.65. The van der Waals surface area contributed by atoms with Gasteiger partial charge in [0.15, 0.2) is 0 Å². The number of rotatable bonds is 4. The molecule has 1 aliphatic carbocycles. The number of nitrogens with zero attached hydrogens (tertiary/aromatic N) is 1. The van der Waals surface area contributed by atoms with Crippen LogP contribution in [0.2, 0.25) is 0 Å². The maximum absolute atomic E-state index is 12.2. The Labute approximate surface area is 122 Å². The second-order valence-corrected chi connectivity index (χ2v) is 8.17. The Morgan fingerprint density at radius 2 is 1.74 bits per heavy atom. The summed E-state index contributed by atoms with van der Waals surface area (Å²) in [6, 6.07) is 0.651. The molecule has 112 valence electrons. The Hall–Kier alpha value is 0.160. The zero-order chi connectivity index (χ0) is 12.6. The quantitative estimate of drug-likeness (QED) is 0.858. The highest BCUT2D eigenvalue weighted by molar-refractivity contribution is 7.89. The van der Waals surface area contributed by atoms with Gasteiger partial charge in [-0.3, -0.25) is 0 Å². The van der Waals surface area contributed by atoms with Gasteiger partial charge in [0, 0.05) is 19.1 Å². The molecule has 0 spiro atoms. The second kappa shape index (κ2) is 6.29. The fraction of sp³-hybridized carbons (Fsp3) is 1.00. The van der Waals surface area contributed by atoms with Gasteiger partial charge in [0.05, 0.1) is 5.75 Å². The third-order valence-electron chi connectivity index (χ3n) is 4.70. The topological polar surface area (TPSA) is 49.4 Å². The first-order valence-corrected chi connectivity index (χ1v) is 8.97. The lowest BCUT2D eigenvalue weighted by atomic mass is 9.89. The van der Waals surface area contributed by atoms with Gasteiger partial charge in [0.2, 0.25) is 10.0 Å². The minimum absolute atomic E-state index is 0. The fourth-order valence-electron chi connectivity index (χ4n) is 3.36. The van der Waals surface area contributed by atoms with E-state index in [0.717, 1.165) is 45.3 Å². The van der Waals surface area contributed by atoms with Crippen molar-refractivity contribution < 1.29 is 8.42 Å². The molecule has 6 heteroatoms. The van der Waals surface area contributed by atoms with Crippen LogP contribution in [0.4, 0.5) is 0 Å². The molecule has 0 aromatic carbocycles. The molecule has 1 N–H and O–H groups in total. The molecule has 0 amide bonds. The SMILES string of the molecule is Cl.O=S(=O)(CC1CC1)N1CCC(C2CCCN2)CC1. The van der Waals surface area contributed by atoms with Crippen LogP contribution in [0.25, 0.3) is 0 Å². The lowest BCUT2D eigenvalue weighted by molar-refractivity contribution is 0.234. The largest absolute Gasteiger partial charge is 0.314 e. The van der Waals surface area contributed by atoms with Gasteiger partial charge >= 0.3 is 0 Å². The van der Waals surface area contributed by atoms with Gasteiger partial charge in [-0.15, -0.1) is 12.4 Å². The monoisotopic (exact) mass is 308 g/mol. The summed E-state index contributed by atoms with van der Waals surface area (Å²) >= 11 is 0. The Morgan fingerprint density at radius 3 is 2.26 bits per heavy atom. The van der Waals surface area contributed by atoms with Crippen LogP contribution in [0.3, 0.4) is 0 Å². The van der Waals surface area contributed by atoms with E-state index < -0.39 is 10.0 Å². The van der Waals surface area contributed by atoms with E-state index in [1.807, 2.05) is 0 Å². The molecule has 0 bridgehead atoms. The molecule has 1 atom stereocenters. The highest BCUT2D eigenvalue weighted by Crippen LogP contribution is 2.33. The molecule has 1 saturated carbocycles. The van der Waals surface area contributed by atoms with Crippen molar-refractivity contribution in [3.8, 4) is 0 Å². The lowest BCUT2D eigenvalue weighted by Crippen LogP contribution is -2.44. The van der Waals surface area contributed by atoms with Crippen LogP contribution in [-0.2, 0) is 10.0 Å². The minimum Gasteiger partial charge on any atom is -0.314 e. The van der Waals surface area contributed by atoms with Crippen LogP contribution in [0.1, 0.15) is 38.5 Å². The first-order valence-electron chi connectivity index (χ1n) is 7.36. The van der Waals surface area contributed by atoms with Crippen LogP contribution >= 0.6 is 12.4 Å². The van der Waals surface area contributed by atoms with E-state index in [9.17, 15) is 8.42 Å². The molecule has 2 saturated heterocycles. The zero-order valence-electron chi connectivity index (χ0n) is 11.4. The molecule has 3 aliphatic rings. The maximum atomic E-state index is 12.2. The number of halogens is 1. The van der Waals surface area contributed by atoms with E-state index in [0.29, 0.717) is 23.6 Å². The van der Waals surface area contributed by atoms with E-state index in [1.54, 1.807) is 4.31 Å². The van der Waals surface area contributed by atoms with Gasteiger partial charge in [-0.1, -0.05) is 0 Å². The summed E-state index contributed by atoms with van der Waals surface area (Å²) in [5, 5.41) is 3.55. The van der Waals surface area contributed by atoms with Crippen LogP contribution in [-0.4, -0.2) is 44.2 Å². The number of nitrogens with one attached hydrogen (secondary N) is 1. The van der Waals surface area contributed by atoms with Crippen LogP contribution in [0, 0.1) is 11.8 Å². The third-order valence-corrected chi connectivity index (χ3v) is 6.75. The maximum Gasteiger partial charge on any atom is 0.214 e. The average Bonchev–Trinajstić information content (AvgIpc) is 2.99. The standard InChI is InChI=1S/C13H24N2O2S.ClH/c16-18(17,10-11-3-4-11)15-8-5-12(6-9-15)13-2-1-7-14-13;/h11-14H,1-10H2;1H. The van der Waals surface area contributed by atoms with Crippen molar-refractivity contribution in [1.82, 2.24) is 9.62 Å². The van der Waals surface area contributed by atoms with Crippen LogP contribution in [0.15, 0.2) is 0 Å². The van der Waals surface area contributed by atoms with Crippen molar-refractivity contribution in [3.63, 3.8) is 0 Å². The predicted octanol–water partition coefficient (Wildman–Crippen LogP) is 1.61. The normalized spacial score (nSPS) is 30.2. The molecule has 19 heavy (non-hydrogen) atoms. The van der Waals surface area contributed by atoms with Crippen molar-refractivity contribution in [3.05, 3.63) is 0 Å². The molecule has 3 rings (SSSR count). The summed E-state index contributed by atoms with van der Waals surface area (Å²) in [7, 11) is -2.95. The van der Waals surface area contributed by atoms with Crippen molar-refractivity contribution in [2.24, 2.45) is 11.8 Å². The van der Waals surface area contributed by atoms with Gasteiger partial charge in [-0.05, 0) is 56.9 Å². The summed E-state index contributed by atoms with van der Waals surface area (Å²) in [5.41, 5.74) is 0. The van der Waals surface area contributed by atoms with Crippen molar-refractivity contribution in [2.75, 3.05) is 25.4 Å². The molecule has 3 fully saturated rings. The summed E-state index contributed by atoms with van der Waals surface area (Å²) in [6.07, 6.45) is 6.87. The van der Waals surface area contributed by atoms with Gasteiger partial charge in [0.1, 0.15) is 0 Å². The smallest absolute Gasteiger partial charge is 0.214 e. The molecule has 2 aliphatic heterocycles. The molecule has 0 aromatic heterocycles. The molecule has 4 nitrogen and oxygen atoms in total. The Kier molecular flexibility index (Phi) is 5.15. The number of hydrogen-bond acceptors (Lipinski definition) is 3.